The zero-order valence-electron chi connectivity index (χ0n) is 22.0. The molecule has 0 radical (unpaired) electrons. The lowest BCUT2D eigenvalue weighted by Crippen LogP contribution is -2.62. The molecule has 1 amide bonds. The molecule has 0 aliphatic carbocycles. The van der Waals surface area contributed by atoms with Crippen LogP contribution in [0.3, 0.4) is 0 Å². The number of carbonyl (C=O) groups is 1. The molecule has 1 heterocycles. The van der Waals surface area contributed by atoms with Crippen LogP contribution in [0.1, 0.15) is 130 Å². The monoisotopic (exact) mass is 448 g/mol. The molecule has 1 aliphatic heterocycles. The normalized spacial score (nSPS) is 19.4. The van der Waals surface area contributed by atoms with Crippen LogP contribution in [-0.4, -0.2) is 42.0 Å². The van der Waals surface area contributed by atoms with Crippen molar-refractivity contribution in [3.63, 3.8) is 0 Å². The van der Waals surface area contributed by atoms with Gasteiger partial charge in [0.05, 0.1) is 13.1 Å². The molecule has 0 bridgehead atoms. The molecule has 0 saturated carbocycles. The Bertz CT molecular complexity index is 543. The van der Waals surface area contributed by atoms with Gasteiger partial charge in [0, 0.05) is 20.3 Å². The zero-order chi connectivity index (χ0) is 23.5. The van der Waals surface area contributed by atoms with Crippen molar-refractivity contribution in [3.8, 4) is 0 Å². The number of carbonyl (C=O) groups excluding carboxylic acids is 1. The van der Waals surface area contributed by atoms with E-state index in [-0.39, 0.29) is 12.1 Å². The number of aliphatic imine (C=N–C) groups is 1. The number of quaternary nitrogens is 1. The summed E-state index contributed by atoms with van der Waals surface area (Å²) >= 11 is 0. The zero-order valence-corrected chi connectivity index (χ0v) is 22.0. The van der Waals surface area contributed by atoms with Crippen molar-refractivity contribution in [1.29, 1.82) is 0 Å². The van der Waals surface area contributed by atoms with Crippen molar-refractivity contribution in [2.75, 3.05) is 19.6 Å². The first-order chi connectivity index (χ1) is 15.6. The number of likely N-dealkylation sites (N-methyl/N-ethyl adjacent to an activating group) is 1. The molecule has 1 rings (SSSR count). The number of nitrogens with zero attached hydrogens (tertiary/aromatic N) is 2. The number of allylic oxidation sites excluding steroid dienone is 2. The lowest BCUT2D eigenvalue weighted by Gasteiger charge is -2.39. The molecule has 32 heavy (non-hydrogen) atoms. The molecular formula is C28H54N3O+. The van der Waals surface area contributed by atoms with Gasteiger partial charge in [0.1, 0.15) is 6.54 Å². The molecule has 0 saturated heterocycles. The summed E-state index contributed by atoms with van der Waals surface area (Å²) in [6.45, 7) is 11.1. The Labute approximate surface area is 199 Å². The Kier molecular flexibility index (Phi) is 16.5. The van der Waals surface area contributed by atoms with Crippen molar-refractivity contribution >= 4 is 11.7 Å². The van der Waals surface area contributed by atoms with Crippen molar-refractivity contribution < 1.29 is 9.28 Å². The minimum Gasteiger partial charge on any atom is -0.307 e. The predicted octanol–water partition coefficient (Wildman–Crippen LogP) is 7.54. The molecule has 0 aromatic carbocycles. The van der Waals surface area contributed by atoms with Crippen LogP contribution in [0.2, 0.25) is 0 Å². The molecule has 0 fully saturated rings. The SMILES string of the molecule is CC/C=C/CCCCCCCCCCCCCCCC1=NCC[N+]1(CC)C(C)NC(C)=O. The van der Waals surface area contributed by atoms with Gasteiger partial charge in [-0.25, -0.2) is 4.99 Å². The van der Waals surface area contributed by atoms with Crippen LogP contribution in [0, 0.1) is 0 Å². The predicted molar refractivity (Wildman–Crippen MR) is 140 cm³/mol. The maximum atomic E-state index is 11.5. The Balaban J connectivity index is 1.98. The maximum Gasteiger partial charge on any atom is 0.221 e. The van der Waals surface area contributed by atoms with E-state index >= 15 is 0 Å². The van der Waals surface area contributed by atoms with Gasteiger partial charge < -0.3 is 5.32 Å². The van der Waals surface area contributed by atoms with Crippen molar-refractivity contribution in [3.05, 3.63) is 12.2 Å². The summed E-state index contributed by atoms with van der Waals surface area (Å²) in [5.74, 6) is 1.37. The van der Waals surface area contributed by atoms with E-state index in [0.29, 0.717) is 0 Å². The van der Waals surface area contributed by atoms with Gasteiger partial charge in [-0.1, -0.05) is 89.7 Å². The molecule has 2 unspecified atom stereocenters. The number of unbranched alkanes of at least 4 members (excludes halogenated alkanes) is 13. The van der Waals surface area contributed by atoms with Gasteiger partial charge in [0.25, 0.3) is 0 Å². The number of hydrogen-bond acceptors (Lipinski definition) is 2. The molecule has 2 atom stereocenters. The van der Waals surface area contributed by atoms with Gasteiger partial charge >= 0.3 is 0 Å². The molecule has 4 nitrogen and oxygen atoms in total. The molecule has 0 spiro atoms. The number of amidine groups is 1. The van der Waals surface area contributed by atoms with Crippen LogP contribution >= 0.6 is 0 Å². The van der Waals surface area contributed by atoms with Crippen LogP contribution in [0.5, 0.6) is 0 Å². The van der Waals surface area contributed by atoms with Crippen LogP contribution in [0.25, 0.3) is 0 Å². The largest absolute Gasteiger partial charge is 0.307 e. The first kappa shape index (κ1) is 28.9. The molecule has 186 valence electrons. The molecule has 1 N–H and O–H groups in total. The van der Waals surface area contributed by atoms with Gasteiger partial charge in [0.2, 0.25) is 5.91 Å². The van der Waals surface area contributed by atoms with Gasteiger partial charge in [-0.3, -0.25) is 9.28 Å². The highest BCUT2D eigenvalue weighted by atomic mass is 16.1. The minimum atomic E-state index is 0.0603. The highest BCUT2D eigenvalue weighted by molar-refractivity contribution is 5.78. The van der Waals surface area contributed by atoms with E-state index in [1.807, 2.05) is 0 Å². The number of nitrogens with one attached hydrogen (secondary N) is 1. The van der Waals surface area contributed by atoms with Gasteiger partial charge in [0.15, 0.2) is 12.0 Å². The van der Waals surface area contributed by atoms with E-state index in [0.717, 1.165) is 30.5 Å². The first-order valence-electron chi connectivity index (χ1n) is 13.9. The van der Waals surface area contributed by atoms with E-state index in [9.17, 15) is 4.79 Å². The Morgan fingerprint density at radius 2 is 1.44 bits per heavy atom. The fourth-order valence-corrected chi connectivity index (χ4v) is 5.15. The average Bonchev–Trinajstić information content (AvgIpc) is 3.19. The molecule has 0 aromatic heterocycles. The smallest absolute Gasteiger partial charge is 0.221 e. The van der Waals surface area contributed by atoms with Crippen LogP contribution in [-0.2, 0) is 4.79 Å². The van der Waals surface area contributed by atoms with E-state index in [1.54, 1.807) is 6.92 Å². The molecular weight excluding hydrogens is 394 g/mol. The first-order valence-corrected chi connectivity index (χ1v) is 13.9. The van der Waals surface area contributed by atoms with Crippen molar-refractivity contribution in [2.45, 2.75) is 137 Å². The van der Waals surface area contributed by atoms with Crippen LogP contribution in [0.15, 0.2) is 17.1 Å². The third-order valence-electron chi connectivity index (χ3n) is 7.20. The second-order valence-electron chi connectivity index (χ2n) is 9.76. The maximum absolute atomic E-state index is 11.5. The lowest BCUT2D eigenvalue weighted by molar-refractivity contribution is -0.861. The van der Waals surface area contributed by atoms with Crippen molar-refractivity contribution in [2.24, 2.45) is 4.99 Å². The third-order valence-corrected chi connectivity index (χ3v) is 7.20. The topological polar surface area (TPSA) is 41.5 Å². The number of amides is 1. The second-order valence-corrected chi connectivity index (χ2v) is 9.76. The molecule has 1 aliphatic rings. The summed E-state index contributed by atoms with van der Waals surface area (Å²) in [4.78, 5) is 16.4. The fraction of sp³-hybridized carbons (Fsp3) is 0.857. The highest BCUT2D eigenvalue weighted by Crippen LogP contribution is 2.23. The Morgan fingerprint density at radius 3 is 1.94 bits per heavy atom. The fourth-order valence-electron chi connectivity index (χ4n) is 5.15. The molecule has 0 aromatic rings. The van der Waals surface area contributed by atoms with Crippen LogP contribution < -0.4 is 5.32 Å². The minimum absolute atomic E-state index is 0.0603. The Hall–Kier alpha value is -1.16. The summed E-state index contributed by atoms with van der Waals surface area (Å²) in [6, 6.07) is 0. The van der Waals surface area contributed by atoms with E-state index in [2.05, 4.69) is 38.2 Å². The van der Waals surface area contributed by atoms with E-state index < -0.39 is 0 Å². The summed E-state index contributed by atoms with van der Waals surface area (Å²) < 4.78 is 0.857. The number of rotatable bonds is 20. The quantitative estimate of drug-likeness (QED) is 0.117. The summed E-state index contributed by atoms with van der Waals surface area (Å²) in [5, 5.41) is 3.11. The summed E-state index contributed by atoms with van der Waals surface area (Å²) in [6.07, 6.45) is 26.3. The second kappa shape index (κ2) is 18.3. The highest BCUT2D eigenvalue weighted by Gasteiger charge is 2.41. The van der Waals surface area contributed by atoms with Crippen LogP contribution in [0.4, 0.5) is 0 Å². The van der Waals surface area contributed by atoms with Gasteiger partial charge in [-0.2, -0.15) is 0 Å². The molecule has 4 heteroatoms. The Morgan fingerprint density at radius 1 is 0.906 bits per heavy atom. The van der Waals surface area contributed by atoms with E-state index in [4.69, 9.17) is 4.99 Å². The lowest BCUT2D eigenvalue weighted by atomic mass is 10.0. The van der Waals surface area contributed by atoms with Gasteiger partial charge in [-0.15, -0.1) is 0 Å². The summed E-state index contributed by atoms with van der Waals surface area (Å²) in [7, 11) is 0. The third kappa shape index (κ3) is 11.6. The average molecular weight is 449 g/mol. The summed E-state index contributed by atoms with van der Waals surface area (Å²) in [5.41, 5.74) is 0. The van der Waals surface area contributed by atoms with E-state index in [1.165, 1.54) is 102 Å². The standard InChI is InChI=1S/C28H53N3O/c1-5-7-8-9-10-11-12-13-14-15-16-17-18-19-20-21-22-23-28-29-24-25-31(28,6-2)26(3)30-27(4)32/h7-8,26H,5-6,9-25H2,1-4H3/p+1/b8-7+. The number of hydrogen-bond donors (Lipinski definition) is 1. The van der Waals surface area contributed by atoms with Gasteiger partial charge in [-0.05, 0) is 32.6 Å². The van der Waals surface area contributed by atoms with Crippen molar-refractivity contribution in [1.82, 2.24) is 5.32 Å².